The Morgan fingerprint density at radius 1 is 1.14 bits per heavy atom. The second-order valence-electron chi connectivity index (χ2n) is 6.87. The van der Waals surface area contributed by atoms with Crippen LogP contribution in [0.1, 0.15) is 32.3 Å². The molecule has 3 unspecified atom stereocenters. The molecule has 0 radical (unpaired) electrons. The fourth-order valence-corrected chi connectivity index (χ4v) is 3.85. The van der Waals surface area contributed by atoms with Crippen molar-refractivity contribution in [2.45, 2.75) is 51.4 Å². The summed E-state index contributed by atoms with van der Waals surface area (Å²) in [5, 5.41) is 3.60. The summed E-state index contributed by atoms with van der Waals surface area (Å²) in [5.74, 6) is 0. The number of rotatable bonds is 3. The van der Waals surface area contributed by atoms with E-state index in [0.717, 1.165) is 19.1 Å². The van der Waals surface area contributed by atoms with Crippen molar-refractivity contribution in [2.75, 3.05) is 26.2 Å². The van der Waals surface area contributed by atoms with E-state index in [0.29, 0.717) is 12.1 Å². The van der Waals surface area contributed by atoms with Gasteiger partial charge >= 0.3 is 0 Å². The highest BCUT2D eigenvalue weighted by molar-refractivity contribution is 5.14. The zero-order valence-electron chi connectivity index (χ0n) is 13.5. The van der Waals surface area contributed by atoms with Gasteiger partial charge in [0.25, 0.3) is 0 Å². The Balaban J connectivity index is 1.60. The lowest BCUT2D eigenvalue weighted by molar-refractivity contribution is 0.0417. The normalized spacial score (nSPS) is 32.2. The van der Waals surface area contributed by atoms with Crippen LogP contribution in [0.4, 0.5) is 0 Å². The van der Waals surface area contributed by atoms with Gasteiger partial charge in [0, 0.05) is 44.3 Å². The van der Waals surface area contributed by atoms with Gasteiger partial charge in [-0.05, 0) is 38.8 Å². The first-order chi connectivity index (χ1) is 10.2. The third kappa shape index (κ3) is 3.85. The van der Waals surface area contributed by atoms with Crippen LogP contribution in [0.25, 0.3) is 0 Å². The summed E-state index contributed by atoms with van der Waals surface area (Å²) >= 11 is 0. The van der Waals surface area contributed by atoms with Gasteiger partial charge in [0.2, 0.25) is 0 Å². The molecule has 0 aliphatic carbocycles. The molecule has 3 heteroatoms. The molecule has 2 heterocycles. The largest absolute Gasteiger partial charge is 0.311 e. The molecule has 1 aromatic carbocycles. The summed E-state index contributed by atoms with van der Waals surface area (Å²) in [6.45, 7) is 10.6. The SMILES string of the molecule is CC1CN(C2CCCN(Cc3ccccc3)C2)C(C)CN1. The van der Waals surface area contributed by atoms with Gasteiger partial charge in [0.15, 0.2) is 0 Å². The molecule has 0 bridgehead atoms. The molecule has 3 atom stereocenters. The summed E-state index contributed by atoms with van der Waals surface area (Å²) in [5.41, 5.74) is 1.44. The minimum atomic E-state index is 0.630. The monoisotopic (exact) mass is 287 g/mol. The van der Waals surface area contributed by atoms with Crippen molar-refractivity contribution in [3.63, 3.8) is 0 Å². The van der Waals surface area contributed by atoms with Crippen molar-refractivity contribution < 1.29 is 0 Å². The van der Waals surface area contributed by atoms with Crippen molar-refractivity contribution in [3.8, 4) is 0 Å². The van der Waals surface area contributed by atoms with Crippen LogP contribution < -0.4 is 5.32 Å². The van der Waals surface area contributed by atoms with Crippen molar-refractivity contribution in [1.29, 1.82) is 0 Å². The minimum absolute atomic E-state index is 0.630. The van der Waals surface area contributed by atoms with Gasteiger partial charge < -0.3 is 5.32 Å². The number of hydrogen-bond acceptors (Lipinski definition) is 3. The number of piperidine rings is 1. The van der Waals surface area contributed by atoms with Gasteiger partial charge in [-0.15, -0.1) is 0 Å². The molecule has 0 aromatic heterocycles. The molecule has 2 aliphatic heterocycles. The summed E-state index contributed by atoms with van der Waals surface area (Å²) in [6.07, 6.45) is 2.70. The van der Waals surface area contributed by atoms with Gasteiger partial charge in [-0.3, -0.25) is 9.80 Å². The number of nitrogens with zero attached hydrogens (tertiary/aromatic N) is 2. The summed E-state index contributed by atoms with van der Waals surface area (Å²) in [7, 11) is 0. The zero-order chi connectivity index (χ0) is 14.7. The second-order valence-corrected chi connectivity index (χ2v) is 6.87. The maximum atomic E-state index is 3.60. The van der Waals surface area contributed by atoms with Crippen LogP contribution in [0.2, 0.25) is 0 Å². The standard InChI is InChI=1S/C18H29N3/c1-15-12-21(16(2)11-19-15)18-9-6-10-20(14-18)13-17-7-4-3-5-8-17/h3-5,7-8,15-16,18-19H,6,9-14H2,1-2H3. The molecule has 1 aromatic rings. The predicted molar refractivity (Wildman–Crippen MR) is 88.4 cm³/mol. The van der Waals surface area contributed by atoms with E-state index in [4.69, 9.17) is 0 Å². The second kappa shape index (κ2) is 6.91. The molecule has 2 aliphatic rings. The number of nitrogens with one attached hydrogen (secondary N) is 1. The highest BCUT2D eigenvalue weighted by atomic mass is 15.3. The summed E-state index contributed by atoms with van der Waals surface area (Å²) in [6, 6.07) is 12.9. The molecule has 116 valence electrons. The Morgan fingerprint density at radius 3 is 2.76 bits per heavy atom. The topological polar surface area (TPSA) is 18.5 Å². The van der Waals surface area contributed by atoms with Crippen LogP contribution in [0.15, 0.2) is 30.3 Å². The lowest BCUT2D eigenvalue weighted by Crippen LogP contribution is -2.60. The lowest BCUT2D eigenvalue weighted by atomic mass is 9.99. The van der Waals surface area contributed by atoms with E-state index in [9.17, 15) is 0 Å². The number of hydrogen-bond donors (Lipinski definition) is 1. The van der Waals surface area contributed by atoms with Crippen LogP contribution in [0, 0.1) is 0 Å². The zero-order valence-corrected chi connectivity index (χ0v) is 13.5. The van der Waals surface area contributed by atoms with Gasteiger partial charge in [-0.25, -0.2) is 0 Å². The fraction of sp³-hybridized carbons (Fsp3) is 0.667. The van der Waals surface area contributed by atoms with E-state index in [1.165, 1.54) is 38.0 Å². The highest BCUT2D eigenvalue weighted by Gasteiger charge is 2.31. The van der Waals surface area contributed by atoms with Crippen molar-refractivity contribution in [1.82, 2.24) is 15.1 Å². The third-order valence-electron chi connectivity index (χ3n) is 5.01. The number of benzene rings is 1. The molecule has 21 heavy (non-hydrogen) atoms. The van der Waals surface area contributed by atoms with Crippen molar-refractivity contribution in [2.24, 2.45) is 0 Å². The first-order valence-corrected chi connectivity index (χ1v) is 8.48. The average Bonchev–Trinajstić information content (AvgIpc) is 2.51. The molecule has 0 spiro atoms. The van der Waals surface area contributed by atoms with E-state index in [2.05, 4.69) is 59.3 Å². The molecule has 0 saturated carbocycles. The minimum Gasteiger partial charge on any atom is -0.311 e. The Bertz CT molecular complexity index is 433. The lowest BCUT2D eigenvalue weighted by Gasteiger charge is -2.46. The molecule has 0 amide bonds. The van der Waals surface area contributed by atoms with E-state index >= 15 is 0 Å². The van der Waals surface area contributed by atoms with Crippen LogP contribution in [0.3, 0.4) is 0 Å². The third-order valence-corrected chi connectivity index (χ3v) is 5.01. The maximum absolute atomic E-state index is 3.60. The molecular formula is C18H29N3. The predicted octanol–water partition coefficient (Wildman–Crippen LogP) is 2.33. The van der Waals surface area contributed by atoms with E-state index < -0.39 is 0 Å². The van der Waals surface area contributed by atoms with Crippen LogP contribution in [-0.4, -0.2) is 54.1 Å². The Hall–Kier alpha value is -0.900. The van der Waals surface area contributed by atoms with E-state index in [1.54, 1.807) is 0 Å². The first kappa shape index (κ1) is 15.0. The van der Waals surface area contributed by atoms with Crippen LogP contribution >= 0.6 is 0 Å². The molecule has 1 N–H and O–H groups in total. The molecule has 2 saturated heterocycles. The van der Waals surface area contributed by atoms with Gasteiger partial charge in [-0.1, -0.05) is 30.3 Å². The smallest absolute Gasteiger partial charge is 0.0234 e. The van der Waals surface area contributed by atoms with E-state index in [-0.39, 0.29) is 0 Å². The summed E-state index contributed by atoms with van der Waals surface area (Å²) < 4.78 is 0. The Labute approximate surface area is 129 Å². The van der Waals surface area contributed by atoms with Crippen LogP contribution in [-0.2, 0) is 6.54 Å². The molecule has 2 fully saturated rings. The Morgan fingerprint density at radius 2 is 1.95 bits per heavy atom. The van der Waals surface area contributed by atoms with Gasteiger partial charge in [-0.2, -0.15) is 0 Å². The maximum Gasteiger partial charge on any atom is 0.0234 e. The van der Waals surface area contributed by atoms with Gasteiger partial charge in [0.1, 0.15) is 0 Å². The Kier molecular flexibility index (Phi) is 4.94. The summed E-state index contributed by atoms with van der Waals surface area (Å²) in [4.78, 5) is 5.39. The highest BCUT2D eigenvalue weighted by Crippen LogP contribution is 2.21. The van der Waals surface area contributed by atoms with E-state index in [1.807, 2.05) is 0 Å². The quantitative estimate of drug-likeness (QED) is 0.920. The molecule has 3 rings (SSSR count). The average molecular weight is 287 g/mol. The van der Waals surface area contributed by atoms with Gasteiger partial charge in [0.05, 0.1) is 0 Å². The van der Waals surface area contributed by atoms with Crippen molar-refractivity contribution in [3.05, 3.63) is 35.9 Å². The first-order valence-electron chi connectivity index (χ1n) is 8.48. The number of piperazine rings is 1. The molecular weight excluding hydrogens is 258 g/mol. The van der Waals surface area contributed by atoms with Crippen LogP contribution in [0.5, 0.6) is 0 Å². The van der Waals surface area contributed by atoms with Crippen molar-refractivity contribution >= 4 is 0 Å². The fourth-order valence-electron chi connectivity index (χ4n) is 3.85. The number of likely N-dealkylation sites (tertiary alicyclic amines) is 1. The molecule has 3 nitrogen and oxygen atoms in total.